The number of hydrogen-bond donors (Lipinski definition) is 2. The van der Waals surface area contributed by atoms with Crippen LogP contribution in [-0.2, 0) is 0 Å². The van der Waals surface area contributed by atoms with E-state index in [0.29, 0.717) is 11.1 Å². The zero-order chi connectivity index (χ0) is 15.6. The first-order chi connectivity index (χ1) is 9.91. The predicted octanol–water partition coefficient (Wildman–Crippen LogP) is 4.07. The molecule has 0 aliphatic heterocycles. The van der Waals surface area contributed by atoms with E-state index >= 15 is 0 Å². The number of nitrogens with one attached hydrogen (secondary N) is 1. The molecule has 1 unspecified atom stereocenters. The molecule has 2 aromatic carbocycles. The summed E-state index contributed by atoms with van der Waals surface area (Å²) in [6, 6.07) is 12.1. The van der Waals surface area contributed by atoms with Gasteiger partial charge >= 0.3 is 0 Å². The Morgan fingerprint density at radius 1 is 1.29 bits per heavy atom. The number of benzene rings is 2. The number of halogens is 2. The summed E-state index contributed by atoms with van der Waals surface area (Å²) in [5.41, 5.74) is 7.68. The van der Waals surface area contributed by atoms with Gasteiger partial charge in [-0.25, -0.2) is 4.39 Å². The first kappa shape index (κ1) is 15.5. The van der Waals surface area contributed by atoms with Crippen molar-refractivity contribution in [3.63, 3.8) is 0 Å². The van der Waals surface area contributed by atoms with Crippen molar-refractivity contribution in [3.8, 4) is 0 Å². The summed E-state index contributed by atoms with van der Waals surface area (Å²) in [5, 5.41) is 7.45. The number of nitrogen functional groups attached to an aromatic ring is 1. The number of hydrogen-bond acceptors (Lipinski definition) is 2. The van der Waals surface area contributed by atoms with E-state index in [0.717, 1.165) is 10.2 Å². The molecule has 0 spiro atoms. The zero-order valence-electron chi connectivity index (χ0n) is 11.9. The highest BCUT2D eigenvalue weighted by Crippen LogP contribution is 2.32. The zero-order valence-corrected chi connectivity index (χ0v) is 13.5. The normalized spacial score (nSPS) is 12.0. The summed E-state index contributed by atoms with van der Waals surface area (Å²) in [7, 11) is 1.91. The molecular weight excluding hydrogens is 333 g/mol. The van der Waals surface area contributed by atoms with Gasteiger partial charge in [-0.05, 0) is 47.1 Å². The molecule has 0 amide bonds. The van der Waals surface area contributed by atoms with Crippen molar-refractivity contribution >= 4 is 27.5 Å². The lowest BCUT2D eigenvalue weighted by Gasteiger charge is -2.28. The van der Waals surface area contributed by atoms with Crippen molar-refractivity contribution in [2.45, 2.75) is 13.0 Å². The van der Waals surface area contributed by atoms with Crippen LogP contribution in [0.1, 0.15) is 24.1 Å². The fourth-order valence-electron chi connectivity index (χ4n) is 2.19. The molecule has 0 radical (unpaired) electrons. The fraction of sp³-hybridized carbons (Fsp3) is 0.188. The van der Waals surface area contributed by atoms with Crippen molar-refractivity contribution in [1.82, 2.24) is 0 Å². The van der Waals surface area contributed by atoms with Crippen molar-refractivity contribution in [1.29, 1.82) is 5.41 Å². The third kappa shape index (κ3) is 3.24. The van der Waals surface area contributed by atoms with Gasteiger partial charge in [0.1, 0.15) is 11.7 Å². The maximum absolute atomic E-state index is 13.9. The SMILES string of the molecule is CC(c1ccccc1F)N(C)c1ccc(C(=N)N)cc1Br. The molecule has 5 heteroatoms. The largest absolute Gasteiger partial charge is 0.384 e. The van der Waals surface area contributed by atoms with Gasteiger partial charge < -0.3 is 10.6 Å². The summed E-state index contributed by atoms with van der Waals surface area (Å²) >= 11 is 3.49. The second-order valence-corrected chi connectivity index (χ2v) is 5.74. The monoisotopic (exact) mass is 349 g/mol. The van der Waals surface area contributed by atoms with Crippen LogP contribution in [0.5, 0.6) is 0 Å². The first-order valence-corrected chi connectivity index (χ1v) is 7.32. The Bertz CT molecular complexity index is 672. The van der Waals surface area contributed by atoms with Gasteiger partial charge in [0.2, 0.25) is 0 Å². The Hall–Kier alpha value is -1.88. The highest BCUT2D eigenvalue weighted by Gasteiger charge is 2.17. The Labute approximate surface area is 132 Å². The van der Waals surface area contributed by atoms with Crippen LogP contribution in [0.3, 0.4) is 0 Å². The van der Waals surface area contributed by atoms with Crippen molar-refractivity contribution in [2.24, 2.45) is 5.73 Å². The Kier molecular flexibility index (Phi) is 4.63. The van der Waals surface area contributed by atoms with Crippen LogP contribution in [0.25, 0.3) is 0 Å². The number of rotatable bonds is 4. The van der Waals surface area contributed by atoms with Gasteiger partial charge in [0.05, 0.1) is 11.7 Å². The van der Waals surface area contributed by atoms with Crippen LogP contribution >= 0.6 is 15.9 Å². The quantitative estimate of drug-likeness (QED) is 0.645. The van der Waals surface area contributed by atoms with Crippen LogP contribution in [0.4, 0.5) is 10.1 Å². The van der Waals surface area contributed by atoms with Gasteiger partial charge in [0, 0.05) is 22.6 Å². The summed E-state index contributed by atoms with van der Waals surface area (Å²) in [6.07, 6.45) is 0. The van der Waals surface area contributed by atoms with Crippen LogP contribution in [-0.4, -0.2) is 12.9 Å². The highest BCUT2D eigenvalue weighted by molar-refractivity contribution is 9.10. The minimum atomic E-state index is -0.215. The maximum atomic E-state index is 13.9. The van der Waals surface area contributed by atoms with E-state index in [-0.39, 0.29) is 17.7 Å². The lowest BCUT2D eigenvalue weighted by atomic mass is 10.1. The Balaban J connectivity index is 2.34. The Morgan fingerprint density at radius 3 is 2.52 bits per heavy atom. The van der Waals surface area contributed by atoms with Gasteiger partial charge in [-0.2, -0.15) is 0 Å². The molecule has 1 atom stereocenters. The molecule has 0 fully saturated rings. The minimum absolute atomic E-state index is 0.0204. The summed E-state index contributed by atoms with van der Waals surface area (Å²) in [6.45, 7) is 1.95. The maximum Gasteiger partial charge on any atom is 0.128 e. The third-order valence-corrected chi connectivity index (χ3v) is 4.21. The number of nitrogens with zero attached hydrogens (tertiary/aromatic N) is 1. The van der Waals surface area contributed by atoms with Crippen molar-refractivity contribution in [2.75, 3.05) is 11.9 Å². The molecular formula is C16H17BrFN3. The van der Waals surface area contributed by atoms with E-state index in [1.807, 2.05) is 31.0 Å². The standard InChI is InChI=1S/C16H17BrFN3/c1-10(12-5-3-4-6-14(12)18)21(2)15-8-7-11(16(19)20)9-13(15)17/h3-10H,1-2H3,(H3,19,20). The van der Waals surface area contributed by atoms with Gasteiger partial charge in [0.15, 0.2) is 0 Å². The summed E-state index contributed by atoms with van der Waals surface area (Å²) in [4.78, 5) is 1.98. The molecule has 21 heavy (non-hydrogen) atoms. The molecule has 110 valence electrons. The lowest BCUT2D eigenvalue weighted by Crippen LogP contribution is -2.23. The van der Waals surface area contributed by atoms with Gasteiger partial charge in [-0.1, -0.05) is 18.2 Å². The average Bonchev–Trinajstić information content (AvgIpc) is 2.46. The van der Waals surface area contributed by atoms with Gasteiger partial charge in [-0.3, -0.25) is 5.41 Å². The molecule has 2 aromatic rings. The number of nitrogens with two attached hydrogens (primary N) is 1. The predicted molar refractivity (Wildman–Crippen MR) is 88.4 cm³/mol. The number of amidine groups is 1. The van der Waals surface area contributed by atoms with Crippen LogP contribution in [0.2, 0.25) is 0 Å². The second kappa shape index (κ2) is 6.26. The molecule has 3 N–H and O–H groups in total. The smallest absolute Gasteiger partial charge is 0.128 e. The molecule has 0 aliphatic carbocycles. The van der Waals surface area contributed by atoms with E-state index in [2.05, 4.69) is 15.9 Å². The van der Waals surface area contributed by atoms with E-state index in [1.54, 1.807) is 24.3 Å². The third-order valence-electron chi connectivity index (χ3n) is 3.57. The van der Waals surface area contributed by atoms with Crippen molar-refractivity contribution < 1.29 is 4.39 Å². The molecule has 0 aromatic heterocycles. The molecule has 0 heterocycles. The van der Waals surface area contributed by atoms with E-state index in [9.17, 15) is 4.39 Å². The molecule has 0 aliphatic rings. The minimum Gasteiger partial charge on any atom is -0.384 e. The van der Waals surface area contributed by atoms with Crippen LogP contribution in [0, 0.1) is 11.2 Å². The summed E-state index contributed by atoms with van der Waals surface area (Å²) < 4.78 is 14.7. The molecule has 2 rings (SSSR count). The molecule has 0 bridgehead atoms. The average molecular weight is 350 g/mol. The Morgan fingerprint density at radius 2 is 1.95 bits per heavy atom. The highest BCUT2D eigenvalue weighted by atomic mass is 79.9. The van der Waals surface area contributed by atoms with Crippen LogP contribution < -0.4 is 10.6 Å². The van der Waals surface area contributed by atoms with Crippen LogP contribution in [0.15, 0.2) is 46.9 Å². The summed E-state index contributed by atoms with van der Waals surface area (Å²) in [5.74, 6) is -0.194. The van der Waals surface area contributed by atoms with E-state index in [4.69, 9.17) is 11.1 Å². The fourth-order valence-corrected chi connectivity index (χ4v) is 2.85. The van der Waals surface area contributed by atoms with Gasteiger partial charge in [-0.15, -0.1) is 0 Å². The number of anilines is 1. The van der Waals surface area contributed by atoms with E-state index in [1.165, 1.54) is 6.07 Å². The first-order valence-electron chi connectivity index (χ1n) is 6.53. The van der Waals surface area contributed by atoms with Gasteiger partial charge in [0.25, 0.3) is 0 Å². The molecule has 0 saturated heterocycles. The van der Waals surface area contributed by atoms with Crippen molar-refractivity contribution in [3.05, 3.63) is 63.9 Å². The topological polar surface area (TPSA) is 53.1 Å². The molecule has 3 nitrogen and oxygen atoms in total. The molecule has 0 saturated carbocycles. The van der Waals surface area contributed by atoms with E-state index < -0.39 is 0 Å². The second-order valence-electron chi connectivity index (χ2n) is 4.89. The lowest BCUT2D eigenvalue weighted by molar-refractivity contribution is 0.585.